The van der Waals surface area contributed by atoms with Gasteiger partial charge in [-0.2, -0.15) is 4.68 Å². The van der Waals surface area contributed by atoms with Crippen LogP contribution < -0.4 is 10.7 Å². The lowest BCUT2D eigenvalue weighted by molar-refractivity contribution is -0.119. The molecule has 0 spiro atoms. The van der Waals surface area contributed by atoms with Crippen molar-refractivity contribution in [2.45, 2.75) is 19.9 Å². The highest BCUT2D eigenvalue weighted by atomic mass is 16.4. The van der Waals surface area contributed by atoms with Gasteiger partial charge in [-0.3, -0.25) is 4.79 Å². The maximum atomic E-state index is 12.6. The molecular formula is C17H15N3O4. The van der Waals surface area contributed by atoms with E-state index in [2.05, 4.69) is 5.10 Å². The summed E-state index contributed by atoms with van der Waals surface area (Å²) in [5, 5.41) is 4.11. The van der Waals surface area contributed by atoms with E-state index in [0.717, 1.165) is 22.4 Å². The second-order valence-corrected chi connectivity index (χ2v) is 5.65. The van der Waals surface area contributed by atoms with Gasteiger partial charge in [0.25, 0.3) is 5.89 Å². The third-order valence-corrected chi connectivity index (χ3v) is 4.17. The summed E-state index contributed by atoms with van der Waals surface area (Å²) in [4.78, 5) is 26.2. The molecule has 4 rings (SSSR count). The number of hydrogen-bond acceptors (Lipinski definition) is 5. The Morgan fingerprint density at radius 2 is 2.12 bits per heavy atom. The topological polar surface area (TPSA) is 81.5 Å². The molecule has 1 aromatic carbocycles. The number of fused-ring (bicyclic) bond motifs is 1. The fourth-order valence-electron chi connectivity index (χ4n) is 2.93. The molecule has 3 aromatic rings. The lowest BCUT2D eigenvalue weighted by Crippen LogP contribution is -2.35. The van der Waals surface area contributed by atoms with E-state index in [0.29, 0.717) is 17.9 Å². The third-order valence-electron chi connectivity index (χ3n) is 4.17. The van der Waals surface area contributed by atoms with Crippen molar-refractivity contribution in [3.8, 4) is 11.5 Å². The molecule has 0 unspecified atom stereocenters. The van der Waals surface area contributed by atoms with E-state index in [-0.39, 0.29) is 18.3 Å². The Morgan fingerprint density at radius 3 is 2.92 bits per heavy atom. The average molecular weight is 325 g/mol. The third kappa shape index (κ3) is 2.34. The van der Waals surface area contributed by atoms with Crippen molar-refractivity contribution in [1.82, 2.24) is 9.78 Å². The normalized spacial score (nSPS) is 13.3. The first kappa shape index (κ1) is 14.5. The number of carbonyl (C=O) groups is 1. The summed E-state index contributed by atoms with van der Waals surface area (Å²) in [5.41, 5.74) is 2.63. The second-order valence-electron chi connectivity index (χ2n) is 5.65. The van der Waals surface area contributed by atoms with Crippen LogP contribution in [-0.4, -0.2) is 22.2 Å². The van der Waals surface area contributed by atoms with Crippen LogP contribution in [0.15, 0.2) is 50.2 Å². The first-order valence-corrected chi connectivity index (χ1v) is 7.64. The zero-order valence-corrected chi connectivity index (χ0v) is 13.1. The summed E-state index contributed by atoms with van der Waals surface area (Å²) in [7, 11) is 0. The van der Waals surface area contributed by atoms with Crippen LogP contribution in [0.2, 0.25) is 0 Å². The Kier molecular flexibility index (Phi) is 3.34. The SMILES string of the molecule is Cc1occc1-c1nn(CC(=O)N2CCc3ccccc32)c(=O)o1. The fraction of sp³-hybridized carbons (Fsp3) is 0.235. The van der Waals surface area contributed by atoms with Gasteiger partial charge in [-0.05, 0) is 31.0 Å². The molecule has 0 radical (unpaired) electrons. The lowest BCUT2D eigenvalue weighted by atomic mass is 10.2. The van der Waals surface area contributed by atoms with Gasteiger partial charge in [0.05, 0.1) is 11.8 Å². The monoisotopic (exact) mass is 325 g/mol. The zero-order valence-electron chi connectivity index (χ0n) is 13.1. The molecule has 1 amide bonds. The smallest absolute Gasteiger partial charge is 0.437 e. The highest BCUT2D eigenvalue weighted by molar-refractivity contribution is 5.95. The van der Waals surface area contributed by atoms with Gasteiger partial charge in [0.1, 0.15) is 12.3 Å². The number of para-hydroxylation sites is 1. The van der Waals surface area contributed by atoms with Gasteiger partial charge in [0, 0.05) is 12.2 Å². The Morgan fingerprint density at radius 1 is 1.29 bits per heavy atom. The molecule has 0 atom stereocenters. The van der Waals surface area contributed by atoms with Crippen molar-refractivity contribution in [3.63, 3.8) is 0 Å². The summed E-state index contributed by atoms with van der Waals surface area (Å²) in [6.45, 7) is 2.20. The van der Waals surface area contributed by atoms with E-state index in [4.69, 9.17) is 8.83 Å². The van der Waals surface area contributed by atoms with E-state index in [1.807, 2.05) is 24.3 Å². The van der Waals surface area contributed by atoms with Crippen LogP contribution in [0.25, 0.3) is 11.5 Å². The molecule has 7 nitrogen and oxygen atoms in total. The molecule has 24 heavy (non-hydrogen) atoms. The van der Waals surface area contributed by atoms with Crippen LogP contribution in [-0.2, 0) is 17.8 Å². The van der Waals surface area contributed by atoms with Crippen LogP contribution in [0.5, 0.6) is 0 Å². The van der Waals surface area contributed by atoms with Gasteiger partial charge in [0.15, 0.2) is 0 Å². The minimum atomic E-state index is -0.661. The number of nitrogens with zero attached hydrogens (tertiary/aromatic N) is 3. The molecule has 1 aliphatic rings. The number of rotatable bonds is 3. The zero-order chi connectivity index (χ0) is 16.7. The van der Waals surface area contributed by atoms with Gasteiger partial charge in [0.2, 0.25) is 5.91 Å². The Hall–Kier alpha value is -3.09. The highest BCUT2D eigenvalue weighted by Gasteiger charge is 2.25. The molecule has 7 heteroatoms. The van der Waals surface area contributed by atoms with Crippen LogP contribution in [0.4, 0.5) is 5.69 Å². The standard InChI is InChI=1S/C17H15N3O4/c1-11-13(7-9-23-11)16-18-20(17(22)24-16)10-15(21)19-8-6-12-4-2-3-5-14(12)19/h2-5,7,9H,6,8,10H2,1H3. The molecule has 0 aliphatic carbocycles. The highest BCUT2D eigenvalue weighted by Crippen LogP contribution is 2.27. The van der Waals surface area contributed by atoms with E-state index in [1.54, 1.807) is 17.9 Å². The maximum absolute atomic E-state index is 12.6. The van der Waals surface area contributed by atoms with Crippen LogP contribution in [0.3, 0.4) is 0 Å². The van der Waals surface area contributed by atoms with Crippen LogP contribution >= 0.6 is 0 Å². The second kappa shape index (κ2) is 5.52. The largest absolute Gasteiger partial charge is 0.469 e. The van der Waals surface area contributed by atoms with Gasteiger partial charge in [-0.15, -0.1) is 5.10 Å². The minimum absolute atomic E-state index is 0.154. The molecule has 0 saturated carbocycles. The Bertz CT molecular complexity index is 966. The minimum Gasteiger partial charge on any atom is -0.469 e. The summed E-state index contributed by atoms with van der Waals surface area (Å²) in [5.74, 6) is -0.0960. The number of amides is 1. The lowest BCUT2D eigenvalue weighted by Gasteiger charge is -2.16. The molecule has 2 aromatic heterocycles. The number of furan rings is 1. The molecule has 122 valence electrons. The van der Waals surface area contributed by atoms with Crippen molar-refractivity contribution < 1.29 is 13.6 Å². The van der Waals surface area contributed by atoms with E-state index >= 15 is 0 Å². The molecule has 0 bridgehead atoms. The van der Waals surface area contributed by atoms with Crippen molar-refractivity contribution in [1.29, 1.82) is 0 Å². The summed E-state index contributed by atoms with van der Waals surface area (Å²) >= 11 is 0. The number of carbonyl (C=O) groups excluding carboxylic acids is 1. The predicted octanol–water partition coefficient (Wildman–Crippen LogP) is 1.99. The van der Waals surface area contributed by atoms with Crippen molar-refractivity contribution in [2.75, 3.05) is 11.4 Å². The van der Waals surface area contributed by atoms with Gasteiger partial charge in [-0.1, -0.05) is 18.2 Å². The molecule has 0 N–H and O–H groups in total. The van der Waals surface area contributed by atoms with Gasteiger partial charge in [-0.25, -0.2) is 4.79 Å². The predicted molar refractivity (Wildman–Crippen MR) is 85.7 cm³/mol. The number of anilines is 1. The van der Waals surface area contributed by atoms with E-state index < -0.39 is 5.76 Å². The Balaban J connectivity index is 1.58. The molecule has 3 heterocycles. The van der Waals surface area contributed by atoms with Crippen molar-refractivity contribution in [2.24, 2.45) is 0 Å². The molecule has 1 aliphatic heterocycles. The average Bonchev–Trinajstić information content (AvgIpc) is 3.26. The maximum Gasteiger partial charge on any atom is 0.437 e. The van der Waals surface area contributed by atoms with Gasteiger partial charge >= 0.3 is 5.76 Å². The number of benzene rings is 1. The first-order valence-electron chi connectivity index (χ1n) is 7.64. The summed E-state index contributed by atoms with van der Waals surface area (Å²) in [6, 6.07) is 9.43. The van der Waals surface area contributed by atoms with Crippen LogP contribution in [0, 0.1) is 6.92 Å². The van der Waals surface area contributed by atoms with Crippen molar-refractivity contribution >= 4 is 11.6 Å². The van der Waals surface area contributed by atoms with E-state index in [9.17, 15) is 9.59 Å². The fourth-order valence-corrected chi connectivity index (χ4v) is 2.93. The number of aromatic nitrogens is 2. The Labute approximate surface area is 137 Å². The van der Waals surface area contributed by atoms with Gasteiger partial charge < -0.3 is 13.7 Å². The summed E-state index contributed by atoms with van der Waals surface area (Å²) < 4.78 is 11.4. The summed E-state index contributed by atoms with van der Waals surface area (Å²) in [6.07, 6.45) is 2.31. The quantitative estimate of drug-likeness (QED) is 0.735. The van der Waals surface area contributed by atoms with Crippen molar-refractivity contribution in [3.05, 3.63) is 58.5 Å². The first-order chi connectivity index (χ1) is 11.6. The number of hydrogen-bond donors (Lipinski definition) is 0. The number of aryl methyl sites for hydroxylation is 1. The van der Waals surface area contributed by atoms with E-state index in [1.165, 1.54) is 6.26 Å². The van der Waals surface area contributed by atoms with Crippen LogP contribution in [0.1, 0.15) is 11.3 Å². The molecule has 0 saturated heterocycles. The molecule has 0 fully saturated rings. The molecular weight excluding hydrogens is 310 g/mol.